The van der Waals surface area contributed by atoms with Crippen molar-refractivity contribution in [3.63, 3.8) is 0 Å². The molecular formula is C14H27NO5. The second-order valence-corrected chi connectivity index (χ2v) is 6.15. The number of carbonyl (C=O) groups excluding carboxylic acids is 1. The first kappa shape index (κ1) is 17.2. The van der Waals surface area contributed by atoms with Crippen molar-refractivity contribution in [3.05, 3.63) is 0 Å². The lowest BCUT2D eigenvalue weighted by Gasteiger charge is -2.32. The van der Waals surface area contributed by atoms with Gasteiger partial charge < -0.3 is 24.6 Å². The van der Waals surface area contributed by atoms with E-state index < -0.39 is 17.4 Å². The first-order chi connectivity index (χ1) is 9.31. The first-order valence-electron chi connectivity index (χ1n) is 7.17. The Morgan fingerprint density at radius 3 is 2.45 bits per heavy atom. The van der Waals surface area contributed by atoms with Gasteiger partial charge >= 0.3 is 6.16 Å². The number of rotatable bonds is 6. The maximum Gasteiger partial charge on any atom is 0.508 e. The van der Waals surface area contributed by atoms with E-state index in [-0.39, 0.29) is 6.61 Å². The zero-order chi connectivity index (χ0) is 15.1. The highest BCUT2D eigenvalue weighted by atomic mass is 16.7. The summed E-state index contributed by atoms with van der Waals surface area (Å²) in [5.41, 5.74) is -1.16. The van der Waals surface area contributed by atoms with Crippen molar-refractivity contribution < 1.29 is 24.1 Å². The van der Waals surface area contributed by atoms with Crippen LogP contribution in [0.15, 0.2) is 0 Å². The minimum atomic E-state index is -0.682. The van der Waals surface area contributed by atoms with Gasteiger partial charge in [0.2, 0.25) is 0 Å². The maximum absolute atomic E-state index is 11.2. The van der Waals surface area contributed by atoms with Crippen molar-refractivity contribution in [2.75, 3.05) is 32.9 Å². The van der Waals surface area contributed by atoms with Crippen LogP contribution in [0, 0.1) is 0 Å². The fraction of sp³-hybridized carbons (Fsp3) is 0.929. The molecule has 1 heterocycles. The number of aliphatic hydroxyl groups is 1. The molecule has 0 atom stereocenters. The molecule has 6 nitrogen and oxygen atoms in total. The molecule has 0 spiro atoms. The van der Waals surface area contributed by atoms with Crippen LogP contribution in [0.3, 0.4) is 0 Å². The molecule has 1 aliphatic rings. The van der Waals surface area contributed by atoms with Crippen LogP contribution in [0.25, 0.3) is 0 Å². The number of hydrogen-bond acceptors (Lipinski definition) is 6. The summed E-state index contributed by atoms with van der Waals surface area (Å²) in [6.45, 7) is 7.98. The van der Waals surface area contributed by atoms with Gasteiger partial charge in [0.25, 0.3) is 0 Å². The van der Waals surface area contributed by atoms with Gasteiger partial charge in [-0.15, -0.1) is 0 Å². The number of carbonyl (C=O) groups is 1. The highest BCUT2D eigenvalue weighted by molar-refractivity contribution is 5.60. The molecule has 0 amide bonds. The van der Waals surface area contributed by atoms with E-state index in [1.807, 2.05) is 0 Å². The van der Waals surface area contributed by atoms with Crippen LogP contribution in [-0.4, -0.2) is 55.4 Å². The highest BCUT2D eigenvalue weighted by Crippen LogP contribution is 2.21. The summed E-state index contributed by atoms with van der Waals surface area (Å²) in [5.74, 6) is 0. The van der Waals surface area contributed by atoms with Crippen molar-refractivity contribution in [2.45, 2.75) is 51.2 Å². The molecular weight excluding hydrogens is 262 g/mol. The van der Waals surface area contributed by atoms with Crippen LogP contribution < -0.4 is 5.32 Å². The van der Waals surface area contributed by atoms with E-state index in [2.05, 4.69) is 5.32 Å². The second-order valence-electron chi connectivity index (χ2n) is 6.15. The Kier molecular flexibility index (Phi) is 6.71. The molecule has 118 valence electrons. The molecule has 2 N–H and O–H groups in total. The molecule has 1 rings (SSSR count). The maximum atomic E-state index is 11.2. The van der Waals surface area contributed by atoms with Crippen LogP contribution in [0.4, 0.5) is 4.79 Å². The van der Waals surface area contributed by atoms with E-state index in [1.54, 1.807) is 20.8 Å². The van der Waals surface area contributed by atoms with Gasteiger partial charge in [0, 0.05) is 6.61 Å². The summed E-state index contributed by atoms with van der Waals surface area (Å²) in [7, 11) is 0. The fourth-order valence-corrected chi connectivity index (χ4v) is 1.97. The van der Waals surface area contributed by atoms with Gasteiger partial charge in [-0.2, -0.15) is 0 Å². The molecule has 0 aromatic carbocycles. The van der Waals surface area contributed by atoms with E-state index in [1.165, 1.54) is 0 Å². The van der Waals surface area contributed by atoms with Gasteiger partial charge in [-0.05, 0) is 53.1 Å². The molecule has 0 aromatic rings. The van der Waals surface area contributed by atoms with E-state index >= 15 is 0 Å². The standard InChI is InChI=1S/C14H27NO5/c1-13(2,3)20-12(16)19-11-10-18-9-6-14(17)4-7-15-8-5-14/h15,17H,4-11H2,1-3H3. The number of piperidine rings is 1. The predicted molar refractivity (Wildman–Crippen MR) is 74.7 cm³/mol. The third-order valence-corrected chi connectivity index (χ3v) is 3.08. The average Bonchev–Trinajstić information content (AvgIpc) is 2.32. The summed E-state index contributed by atoms with van der Waals surface area (Å²) in [4.78, 5) is 11.2. The molecule has 1 saturated heterocycles. The van der Waals surface area contributed by atoms with Crippen LogP contribution in [0.2, 0.25) is 0 Å². The summed E-state index contributed by atoms with van der Waals surface area (Å²) in [5, 5.41) is 13.4. The van der Waals surface area contributed by atoms with Crippen LogP contribution in [0.5, 0.6) is 0 Å². The fourth-order valence-electron chi connectivity index (χ4n) is 1.97. The summed E-state index contributed by atoms with van der Waals surface area (Å²) >= 11 is 0. The average molecular weight is 289 g/mol. The topological polar surface area (TPSA) is 77.0 Å². The third-order valence-electron chi connectivity index (χ3n) is 3.08. The zero-order valence-electron chi connectivity index (χ0n) is 12.7. The minimum absolute atomic E-state index is 0.162. The third kappa shape index (κ3) is 7.67. The predicted octanol–water partition coefficient (Wildman–Crippen LogP) is 1.46. The van der Waals surface area contributed by atoms with Crippen LogP contribution in [-0.2, 0) is 14.2 Å². The highest BCUT2D eigenvalue weighted by Gasteiger charge is 2.28. The van der Waals surface area contributed by atoms with Gasteiger partial charge in [-0.25, -0.2) is 4.79 Å². The lowest BCUT2D eigenvalue weighted by Crippen LogP contribution is -2.42. The Morgan fingerprint density at radius 2 is 1.85 bits per heavy atom. The molecule has 0 saturated carbocycles. The summed E-state index contributed by atoms with van der Waals surface area (Å²) < 4.78 is 15.2. The Balaban J connectivity index is 2.01. The number of hydrogen-bond donors (Lipinski definition) is 2. The normalized spacial score (nSPS) is 18.6. The Morgan fingerprint density at radius 1 is 1.20 bits per heavy atom. The number of nitrogens with one attached hydrogen (secondary N) is 1. The SMILES string of the molecule is CC(C)(C)OC(=O)OCCOCCC1(O)CCNCC1. The van der Waals surface area contributed by atoms with Crippen molar-refractivity contribution in [1.29, 1.82) is 0 Å². The number of ether oxygens (including phenoxy) is 3. The molecule has 0 aliphatic carbocycles. The van der Waals surface area contributed by atoms with Gasteiger partial charge in [0.15, 0.2) is 0 Å². The van der Waals surface area contributed by atoms with Gasteiger partial charge in [0.1, 0.15) is 12.2 Å². The van der Waals surface area contributed by atoms with Gasteiger partial charge in [-0.3, -0.25) is 0 Å². The molecule has 0 unspecified atom stereocenters. The van der Waals surface area contributed by atoms with Crippen LogP contribution in [0.1, 0.15) is 40.0 Å². The Labute approximate surface area is 120 Å². The monoisotopic (exact) mass is 289 g/mol. The molecule has 0 radical (unpaired) electrons. The summed E-state index contributed by atoms with van der Waals surface area (Å²) in [6, 6.07) is 0. The summed E-state index contributed by atoms with van der Waals surface area (Å²) in [6.07, 6.45) is 1.44. The van der Waals surface area contributed by atoms with E-state index in [0.717, 1.165) is 25.9 Å². The molecule has 1 fully saturated rings. The Hall–Kier alpha value is -0.850. The van der Waals surface area contributed by atoms with E-state index in [4.69, 9.17) is 14.2 Å². The van der Waals surface area contributed by atoms with Gasteiger partial charge in [-0.1, -0.05) is 0 Å². The van der Waals surface area contributed by atoms with Crippen molar-refractivity contribution in [2.24, 2.45) is 0 Å². The van der Waals surface area contributed by atoms with Crippen molar-refractivity contribution >= 4 is 6.16 Å². The molecule has 0 bridgehead atoms. The van der Waals surface area contributed by atoms with Crippen molar-refractivity contribution in [1.82, 2.24) is 5.32 Å². The van der Waals surface area contributed by atoms with E-state index in [0.29, 0.717) is 19.6 Å². The molecule has 1 aliphatic heterocycles. The lowest BCUT2D eigenvalue weighted by atomic mass is 9.89. The smallest absolute Gasteiger partial charge is 0.432 e. The quantitative estimate of drug-likeness (QED) is 0.569. The molecule has 0 aromatic heterocycles. The second kappa shape index (κ2) is 7.81. The van der Waals surface area contributed by atoms with Crippen LogP contribution >= 0.6 is 0 Å². The molecule has 6 heteroatoms. The largest absolute Gasteiger partial charge is 0.508 e. The minimum Gasteiger partial charge on any atom is -0.432 e. The van der Waals surface area contributed by atoms with E-state index in [9.17, 15) is 9.90 Å². The first-order valence-corrected chi connectivity index (χ1v) is 7.17. The lowest BCUT2D eigenvalue weighted by molar-refractivity contribution is -0.0378. The van der Waals surface area contributed by atoms with Gasteiger partial charge in [0.05, 0.1) is 12.2 Å². The van der Waals surface area contributed by atoms with Crippen molar-refractivity contribution in [3.8, 4) is 0 Å². The molecule has 20 heavy (non-hydrogen) atoms. The Bertz CT molecular complexity index is 294. The zero-order valence-corrected chi connectivity index (χ0v) is 12.7.